The molecule has 12 nitrogen and oxygen atoms in total. The molecule has 0 aliphatic heterocycles. The van der Waals surface area contributed by atoms with Crippen LogP contribution in [0.3, 0.4) is 0 Å². The third-order valence-electron chi connectivity index (χ3n) is 4.55. The van der Waals surface area contributed by atoms with Crippen molar-refractivity contribution in [2.75, 3.05) is 10.6 Å². The Labute approximate surface area is 217 Å². The van der Waals surface area contributed by atoms with Crippen LogP contribution in [0.4, 0.5) is 29.5 Å². The lowest BCUT2D eigenvalue weighted by atomic mass is 10.2. The SMILES string of the molecule is CC(C)(C)OC(=O)Nc1cccc(-n2ncc(C(=O)Nc3cnc(-n4nccn4)c(Cl)c3)c2C(F)(F)F)n1. The summed E-state index contributed by atoms with van der Waals surface area (Å²) in [6, 6.07) is 5.24. The van der Waals surface area contributed by atoms with Gasteiger partial charge in [0.25, 0.3) is 5.91 Å². The standard InChI is InChI=1S/C22H19ClF3N9O3/c1-21(2,3)38-20(37)33-15-5-4-6-16(32-15)34-17(22(24,25)26)13(11-30-34)19(36)31-12-9-14(23)18(27-10-12)35-28-7-8-29-35/h4-11H,1-3H3,(H,31,36)(H,32,33,37). The lowest BCUT2D eigenvalue weighted by Gasteiger charge is -2.19. The fourth-order valence-electron chi connectivity index (χ4n) is 3.15. The van der Waals surface area contributed by atoms with Crippen molar-refractivity contribution in [3.63, 3.8) is 0 Å². The Kier molecular flexibility index (Phi) is 7.04. The Morgan fingerprint density at radius 1 is 1.03 bits per heavy atom. The van der Waals surface area contributed by atoms with Crippen LogP contribution in [0.25, 0.3) is 11.6 Å². The van der Waals surface area contributed by atoms with Crippen molar-refractivity contribution < 1.29 is 27.5 Å². The van der Waals surface area contributed by atoms with Gasteiger partial charge in [0.15, 0.2) is 17.3 Å². The highest BCUT2D eigenvalue weighted by Crippen LogP contribution is 2.34. The second-order valence-electron chi connectivity index (χ2n) is 8.63. The predicted octanol–water partition coefficient (Wildman–Crippen LogP) is 4.51. The molecular weight excluding hydrogens is 531 g/mol. The van der Waals surface area contributed by atoms with Crippen LogP contribution >= 0.6 is 11.6 Å². The van der Waals surface area contributed by atoms with Crippen molar-refractivity contribution >= 4 is 35.1 Å². The Hall–Kier alpha value is -4.53. The van der Waals surface area contributed by atoms with Crippen molar-refractivity contribution in [1.29, 1.82) is 0 Å². The molecule has 0 unspecified atom stereocenters. The average Bonchev–Trinajstić information content (AvgIpc) is 3.48. The first kappa shape index (κ1) is 26.5. The van der Waals surface area contributed by atoms with E-state index in [0.717, 1.165) is 11.0 Å². The number of halogens is 4. The van der Waals surface area contributed by atoms with Gasteiger partial charge in [0, 0.05) is 0 Å². The van der Waals surface area contributed by atoms with E-state index in [9.17, 15) is 22.8 Å². The van der Waals surface area contributed by atoms with Gasteiger partial charge in [-0.15, -0.1) is 4.80 Å². The van der Waals surface area contributed by atoms with Crippen LogP contribution in [0.15, 0.2) is 49.1 Å². The Morgan fingerprint density at radius 3 is 2.37 bits per heavy atom. The second kappa shape index (κ2) is 10.1. The topological polar surface area (TPSA) is 142 Å². The molecule has 16 heteroatoms. The molecule has 4 rings (SSSR count). The van der Waals surface area contributed by atoms with E-state index in [1.54, 1.807) is 20.8 Å². The smallest absolute Gasteiger partial charge is 0.434 e. The molecule has 0 fully saturated rings. The van der Waals surface area contributed by atoms with Gasteiger partial charge < -0.3 is 10.1 Å². The van der Waals surface area contributed by atoms with E-state index in [-0.39, 0.29) is 28.2 Å². The van der Waals surface area contributed by atoms with Gasteiger partial charge in [0.05, 0.1) is 41.1 Å². The first-order chi connectivity index (χ1) is 17.8. The van der Waals surface area contributed by atoms with Gasteiger partial charge in [-0.25, -0.2) is 19.4 Å². The largest absolute Gasteiger partial charge is 0.444 e. The van der Waals surface area contributed by atoms with Crippen LogP contribution in [0.1, 0.15) is 36.8 Å². The molecule has 0 atom stereocenters. The van der Waals surface area contributed by atoms with Gasteiger partial charge >= 0.3 is 12.3 Å². The highest BCUT2D eigenvalue weighted by Gasteiger charge is 2.41. The number of hydrogen-bond donors (Lipinski definition) is 2. The van der Waals surface area contributed by atoms with Crippen molar-refractivity contribution in [3.8, 4) is 11.6 Å². The fraction of sp³-hybridized carbons (Fsp3) is 0.227. The monoisotopic (exact) mass is 549 g/mol. The number of nitrogens with one attached hydrogen (secondary N) is 2. The van der Waals surface area contributed by atoms with Gasteiger partial charge in [-0.1, -0.05) is 17.7 Å². The molecule has 0 aliphatic carbocycles. The molecule has 2 amide bonds. The molecule has 0 bridgehead atoms. The number of carbonyl (C=O) groups excluding carboxylic acids is 2. The van der Waals surface area contributed by atoms with Crippen LogP contribution in [-0.2, 0) is 10.9 Å². The minimum Gasteiger partial charge on any atom is -0.444 e. The lowest BCUT2D eigenvalue weighted by Crippen LogP contribution is -2.27. The molecule has 0 saturated carbocycles. The van der Waals surface area contributed by atoms with Gasteiger partial charge in [-0.05, 0) is 39.0 Å². The molecule has 4 aromatic rings. The molecule has 0 radical (unpaired) electrons. The quantitative estimate of drug-likeness (QED) is 0.370. The van der Waals surface area contributed by atoms with E-state index in [0.29, 0.717) is 4.68 Å². The number of amides is 2. The summed E-state index contributed by atoms with van der Waals surface area (Å²) in [5, 5.41) is 16.2. The third-order valence-corrected chi connectivity index (χ3v) is 4.83. The van der Waals surface area contributed by atoms with Gasteiger partial charge in [-0.2, -0.15) is 28.5 Å². The third kappa shape index (κ3) is 6.05. The predicted molar refractivity (Wildman–Crippen MR) is 128 cm³/mol. The van der Waals surface area contributed by atoms with E-state index >= 15 is 0 Å². The second-order valence-corrected chi connectivity index (χ2v) is 9.03. The molecule has 0 saturated heterocycles. The number of hydrogen-bond acceptors (Lipinski definition) is 8. The zero-order valence-electron chi connectivity index (χ0n) is 20.0. The molecular formula is C22H19ClF3N9O3. The van der Waals surface area contributed by atoms with Gasteiger partial charge in [0.2, 0.25) is 0 Å². The Morgan fingerprint density at radius 2 is 1.74 bits per heavy atom. The molecule has 2 N–H and O–H groups in total. The highest BCUT2D eigenvalue weighted by molar-refractivity contribution is 6.32. The maximum absolute atomic E-state index is 14.1. The summed E-state index contributed by atoms with van der Waals surface area (Å²) in [7, 11) is 0. The molecule has 0 spiro atoms. The minimum atomic E-state index is -5.00. The van der Waals surface area contributed by atoms with Crippen LogP contribution in [0.2, 0.25) is 5.02 Å². The van der Waals surface area contributed by atoms with E-state index in [4.69, 9.17) is 16.3 Å². The maximum Gasteiger partial charge on any atom is 0.434 e. The summed E-state index contributed by atoms with van der Waals surface area (Å²) in [6.07, 6.45) is -1.09. The van der Waals surface area contributed by atoms with Gasteiger partial charge in [-0.3, -0.25) is 10.1 Å². The number of pyridine rings is 2. The zero-order chi connectivity index (χ0) is 27.7. The molecule has 0 aromatic carbocycles. The van der Waals surface area contributed by atoms with Crippen molar-refractivity contribution in [2.24, 2.45) is 0 Å². The van der Waals surface area contributed by atoms with Crippen LogP contribution in [-0.4, -0.2) is 52.3 Å². The minimum absolute atomic E-state index is 0.0264. The summed E-state index contributed by atoms with van der Waals surface area (Å²) >= 11 is 6.17. The van der Waals surface area contributed by atoms with Crippen molar-refractivity contribution in [1.82, 2.24) is 34.7 Å². The Bertz CT molecular complexity index is 1480. The van der Waals surface area contributed by atoms with Crippen LogP contribution in [0.5, 0.6) is 0 Å². The number of anilines is 2. The number of aromatic nitrogens is 7. The number of ether oxygens (including phenoxy) is 1. The van der Waals surface area contributed by atoms with E-state index < -0.39 is 35.0 Å². The average molecular weight is 550 g/mol. The molecule has 38 heavy (non-hydrogen) atoms. The summed E-state index contributed by atoms with van der Waals surface area (Å²) in [5.41, 5.74) is -2.93. The van der Waals surface area contributed by atoms with Gasteiger partial charge in [0.1, 0.15) is 11.4 Å². The van der Waals surface area contributed by atoms with Crippen LogP contribution in [0, 0.1) is 0 Å². The van der Waals surface area contributed by atoms with E-state index in [2.05, 4.69) is 35.9 Å². The Balaban J connectivity index is 1.61. The number of rotatable bonds is 5. The lowest BCUT2D eigenvalue weighted by molar-refractivity contribution is -0.143. The maximum atomic E-state index is 14.1. The highest BCUT2D eigenvalue weighted by atomic mass is 35.5. The summed E-state index contributed by atoms with van der Waals surface area (Å²) < 4.78 is 47.8. The summed E-state index contributed by atoms with van der Waals surface area (Å²) in [4.78, 5) is 34.0. The molecule has 4 aromatic heterocycles. The van der Waals surface area contributed by atoms with Crippen LogP contribution < -0.4 is 10.6 Å². The van der Waals surface area contributed by atoms with E-state index in [1.807, 2.05) is 0 Å². The summed E-state index contributed by atoms with van der Waals surface area (Å²) in [5.74, 6) is -1.34. The summed E-state index contributed by atoms with van der Waals surface area (Å²) in [6.45, 7) is 4.95. The first-order valence-corrected chi connectivity index (χ1v) is 11.2. The number of alkyl halides is 3. The number of carbonyl (C=O) groups is 2. The van der Waals surface area contributed by atoms with E-state index in [1.165, 1.54) is 42.9 Å². The molecule has 4 heterocycles. The fourth-order valence-corrected chi connectivity index (χ4v) is 3.39. The van der Waals surface area contributed by atoms with Crippen molar-refractivity contribution in [3.05, 3.63) is 65.3 Å². The first-order valence-electron chi connectivity index (χ1n) is 10.8. The molecule has 0 aliphatic rings. The number of nitrogens with zero attached hydrogens (tertiary/aromatic N) is 7. The van der Waals surface area contributed by atoms with Crippen molar-refractivity contribution in [2.45, 2.75) is 32.5 Å². The molecule has 198 valence electrons. The normalized spacial score (nSPS) is 11.8. The zero-order valence-corrected chi connectivity index (χ0v) is 20.7.